The van der Waals surface area contributed by atoms with Crippen molar-refractivity contribution < 1.29 is 37.5 Å². The maximum atomic E-state index is 14.1. The monoisotopic (exact) mass is 753 g/mol. The Morgan fingerprint density at radius 1 is 0.943 bits per heavy atom. The van der Waals surface area contributed by atoms with Gasteiger partial charge in [-0.3, -0.25) is 19.3 Å². The number of alkyl halides is 3. The predicted molar refractivity (Wildman–Crippen MR) is 198 cm³/mol. The summed E-state index contributed by atoms with van der Waals surface area (Å²) in [5.41, 5.74) is 2.19. The summed E-state index contributed by atoms with van der Waals surface area (Å²) in [6.07, 6.45) is 2.47. The first-order valence-electron chi connectivity index (χ1n) is 17.8. The number of carboxylic acid groups (broad SMARTS) is 1. The summed E-state index contributed by atoms with van der Waals surface area (Å²) in [5, 5.41) is 14.8. The van der Waals surface area contributed by atoms with E-state index in [9.17, 15) is 27.6 Å². The smallest absolute Gasteiger partial charge is 0.475 e. The fourth-order valence-corrected chi connectivity index (χ4v) is 8.00. The van der Waals surface area contributed by atoms with E-state index in [0.29, 0.717) is 17.7 Å². The highest BCUT2D eigenvalue weighted by atomic mass is 32.1. The summed E-state index contributed by atoms with van der Waals surface area (Å²) in [6, 6.07) is 22.2. The number of aliphatic carboxylic acids is 1. The number of thiophene rings is 1. The summed E-state index contributed by atoms with van der Waals surface area (Å²) < 4.78 is 34.7. The second-order valence-corrected chi connectivity index (χ2v) is 14.9. The highest BCUT2D eigenvalue weighted by molar-refractivity contribution is 7.20. The summed E-state index contributed by atoms with van der Waals surface area (Å²) in [5.74, 6) is -2.90. The molecule has 2 fully saturated rings. The first kappa shape index (κ1) is 39.5. The van der Waals surface area contributed by atoms with Crippen LogP contribution in [0.15, 0.2) is 72.9 Å². The van der Waals surface area contributed by atoms with Gasteiger partial charge in [-0.2, -0.15) is 13.2 Å². The van der Waals surface area contributed by atoms with E-state index in [1.807, 2.05) is 65.2 Å². The molecule has 0 spiro atoms. The van der Waals surface area contributed by atoms with Gasteiger partial charge in [-0.05, 0) is 86.4 Å². The average Bonchev–Trinajstić information content (AvgIpc) is 3.89. The first-order valence-corrected chi connectivity index (χ1v) is 18.7. The fourth-order valence-electron chi connectivity index (χ4n) is 6.95. The van der Waals surface area contributed by atoms with Crippen molar-refractivity contribution in [2.75, 3.05) is 32.7 Å². The summed E-state index contributed by atoms with van der Waals surface area (Å²) in [6.45, 7) is 6.10. The number of carbonyl (C=O) groups excluding carboxylic acids is 3. The number of piperazine rings is 1. The lowest BCUT2D eigenvalue weighted by Crippen LogP contribution is -2.59. The quantitative estimate of drug-likeness (QED) is 0.168. The largest absolute Gasteiger partial charge is 0.490 e. The zero-order valence-electron chi connectivity index (χ0n) is 30.0. The normalized spacial score (nSPS) is 16.4. The molecule has 1 saturated carbocycles. The Morgan fingerprint density at radius 2 is 1.62 bits per heavy atom. The number of hydrogen-bond donors (Lipinski definition) is 3. The molecule has 1 saturated heterocycles. The molecular formula is C39H46F3N5O5S. The van der Waals surface area contributed by atoms with E-state index in [1.54, 1.807) is 0 Å². The maximum Gasteiger partial charge on any atom is 0.490 e. The third-order valence-electron chi connectivity index (χ3n) is 9.90. The predicted octanol–water partition coefficient (Wildman–Crippen LogP) is 6.19. The SMILES string of the molecule is Cc1ccc2cc(C(=O)NC3(C(=O)N[C@@H](CCCN4CCN(C(=O)c5cccn5C)CC4)Cc4ccccc4)CCCC3)sc2c1.O=C(O)C(F)(F)F. The average molecular weight is 754 g/mol. The topological polar surface area (TPSA) is 124 Å². The molecule has 14 heteroatoms. The molecule has 2 aliphatic rings. The van der Waals surface area contributed by atoms with E-state index in [-0.39, 0.29) is 23.8 Å². The maximum absolute atomic E-state index is 14.1. The van der Waals surface area contributed by atoms with Crippen LogP contribution in [0.2, 0.25) is 0 Å². The molecule has 284 valence electrons. The molecule has 4 aromatic rings. The number of carboxylic acids is 1. The second kappa shape index (κ2) is 17.4. The number of halogens is 3. The second-order valence-electron chi connectivity index (χ2n) is 13.8. The molecule has 0 unspecified atom stereocenters. The van der Waals surface area contributed by atoms with Crippen molar-refractivity contribution in [1.82, 2.24) is 25.0 Å². The number of carbonyl (C=O) groups is 4. The number of nitrogens with one attached hydrogen (secondary N) is 2. The van der Waals surface area contributed by atoms with E-state index in [1.165, 1.54) is 16.9 Å². The lowest BCUT2D eigenvalue weighted by atomic mass is 9.94. The number of nitrogens with zero attached hydrogens (tertiary/aromatic N) is 3. The summed E-state index contributed by atoms with van der Waals surface area (Å²) in [7, 11) is 1.91. The minimum atomic E-state index is -5.08. The van der Waals surface area contributed by atoms with E-state index in [4.69, 9.17) is 9.90 Å². The molecule has 3 amide bonds. The van der Waals surface area contributed by atoms with Gasteiger partial charge in [0.2, 0.25) is 5.91 Å². The van der Waals surface area contributed by atoms with Gasteiger partial charge in [0.05, 0.1) is 4.88 Å². The number of aryl methyl sites for hydroxylation is 2. The van der Waals surface area contributed by atoms with Crippen LogP contribution in [0, 0.1) is 6.92 Å². The minimum absolute atomic E-state index is 0.0446. The van der Waals surface area contributed by atoms with Gasteiger partial charge >= 0.3 is 12.1 Å². The standard InChI is InChI=1S/C37H45N5O3S.C2HF3O2/c1-27-14-15-29-26-33(46-32(29)24-27)34(43)39-37(16-6-7-17-37)36(45)38-30(25-28-10-4-3-5-11-28)12-8-19-41-20-22-42(23-21-41)35(44)31-13-9-18-40(31)2;3-2(4,5)1(6)7/h3-5,9-11,13-15,18,24,26,30H,6-8,12,16-17,19-23,25H2,1-2H3,(H,38,45)(H,39,43);(H,6,7)/t30-;/m0./s1. The van der Waals surface area contributed by atoms with Gasteiger partial charge in [0, 0.05) is 50.2 Å². The Bertz CT molecular complexity index is 1880. The molecule has 3 N–H and O–H groups in total. The van der Waals surface area contributed by atoms with Gasteiger partial charge in [-0.1, -0.05) is 55.3 Å². The van der Waals surface area contributed by atoms with Crippen LogP contribution in [0.1, 0.15) is 69.8 Å². The van der Waals surface area contributed by atoms with Gasteiger partial charge in [0.25, 0.3) is 11.8 Å². The van der Waals surface area contributed by atoms with Gasteiger partial charge in [-0.15, -0.1) is 11.3 Å². The fraction of sp³-hybridized carbons (Fsp3) is 0.436. The third-order valence-corrected chi connectivity index (χ3v) is 11.0. The molecule has 10 nitrogen and oxygen atoms in total. The lowest BCUT2D eigenvalue weighted by molar-refractivity contribution is -0.192. The Hall–Kier alpha value is -4.69. The number of hydrogen-bond acceptors (Lipinski definition) is 6. The van der Waals surface area contributed by atoms with Crippen molar-refractivity contribution in [3.63, 3.8) is 0 Å². The van der Waals surface area contributed by atoms with E-state index >= 15 is 0 Å². The van der Waals surface area contributed by atoms with Crippen molar-refractivity contribution >= 4 is 45.1 Å². The Morgan fingerprint density at radius 3 is 2.25 bits per heavy atom. The highest BCUT2D eigenvalue weighted by Crippen LogP contribution is 2.33. The van der Waals surface area contributed by atoms with Crippen molar-refractivity contribution in [2.45, 2.75) is 69.6 Å². The number of benzene rings is 2. The van der Waals surface area contributed by atoms with Crippen LogP contribution >= 0.6 is 11.3 Å². The molecule has 53 heavy (non-hydrogen) atoms. The minimum Gasteiger partial charge on any atom is -0.475 e. The Balaban J connectivity index is 0.000000705. The molecule has 1 aliphatic heterocycles. The molecule has 2 aromatic heterocycles. The van der Waals surface area contributed by atoms with Gasteiger partial charge in [-0.25, -0.2) is 4.79 Å². The zero-order valence-corrected chi connectivity index (χ0v) is 30.8. The van der Waals surface area contributed by atoms with E-state index in [2.05, 4.69) is 46.7 Å². The molecular weight excluding hydrogens is 708 g/mol. The van der Waals surface area contributed by atoms with Crippen LogP contribution < -0.4 is 10.6 Å². The van der Waals surface area contributed by atoms with Crippen LogP contribution in [0.5, 0.6) is 0 Å². The van der Waals surface area contributed by atoms with Crippen LogP contribution in [0.3, 0.4) is 0 Å². The molecule has 0 bridgehead atoms. The number of aromatic nitrogens is 1. The van der Waals surface area contributed by atoms with Crippen molar-refractivity contribution in [3.8, 4) is 0 Å². The first-order chi connectivity index (χ1) is 25.2. The molecule has 3 heterocycles. The van der Waals surface area contributed by atoms with Crippen LogP contribution in [0.25, 0.3) is 10.1 Å². The molecule has 6 rings (SSSR count). The zero-order chi connectivity index (χ0) is 38.2. The molecule has 2 aromatic carbocycles. The van der Waals surface area contributed by atoms with Crippen molar-refractivity contribution in [2.24, 2.45) is 7.05 Å². The number of amides is 3. The van der Waals surface area contributed by atoms with Crippen LogP contribution in [0.4, 0.5) is 13.2 Å². The molecule has 1 atom stereocenters. The number of fused-ring (bicyclic) bond motifs is 1. The molecule has 1 aliphatic carbocycles. The van der Waals surface area contributed by atoms with Crippen LogP contribution in [-0.2, 0) is 23.1 Å². The Kier molecular flexibility index (Phi) is 13.0. The lowest BCUT2D eigenvalue weighted by Gasteiger charge is -2.35. The molecule has 0 radical (unpaired) electrons. The third kappa shape index (κ3) is 10.5. The van der Waals surface area contributed by atoms with Gasteiger partial charge < -0.3 is 25.2 Å². The van der Waals surface area contributed by atoms with Crippen molar-refractivity contribution in [3.05, 3.63) is 94.6 Å². The summed E-state index contributed by atoms with van der Waals surface area (Å²) >= 11 is 1.48. The van der Waals surface area contributed by atoms with Crippen molar-refractivity contribution in [1.29, 1.82) is 0 Å². The van der Waals surface area contributed by atoms with Gasteiger partial charge in [0.1, 0.15) is 11.2 Å². The Labute approximate surface area is 311 Å². The van der Waals surface area contributed by atoms with Crippen LogP contribution in [-0.4, -0.2) is 93.6 Å². The summed E-state index contributed by atoms with van der Waals surface area (Å²) in [4.78, 5) is 54.4. The van der Waals surface area contributed by atoms with E-state index in [0.717, 1.165) is 86.2 Å². The number of rotatable bonds is 11. The van der Waals surface area contributed by atoms with E-state index < -0.39 is 17.7 Å². The van der Waals surface area contributed by atoms with Gasteiger partial charge in [0.15, 0.2) is 0 Å². The highest BCUT2D eigenvalue weighted by Gasteiger charge is 2.43.